The van der Waals surface area contributed by atoms with Crippen molar-refractivity contribution in [1.29, 1.82) is 0 Å². The number of hydrogen-bond donors (Lipinski definition) is 1. The third-order valence-corrected chi connectivity index (χ3v) is 2.54. The molecule has 4 nitrogen and oxygen atoms in total. The number of hydrogen-bond acceptors (Lipinski definition) is 3. The van der Waals surface area contributed by atoms with E-state index >= 15 is 0 Å². The Bertz CT molecular complexity index is 195. The predicted molar refractivity (Wildman–Crippen MR) is 58.1 cm³/mol. The molecular weight excluding hydrogens is 218 g/mol. The van der Waals surface area contributed by atoms with E-state index in [4.69, 9.17) is 21.1 Å². The molecule has 0 spiro atoms. The zero-order valence-electron chi connectivity index (χ0n) is 9.00. The Hall–Kier alpha value is -0.320. The minimum Gasteiger partial charge on any atom is -0.376 e. The molecule has 1 rings (SSSR count). The van der Waals surface area contributed by atoms with Gasteiger partial charge in [-0.05, 0) is 19.8 Å². The van der Waals surface area contributed by atoms with Crippen LogP contribution in [0.4, 0.5) is 0 Å². The van der Waals surface area contributed by atoms with Gasteiger partial charge < -0.3 is 14.8 Å². The summed E-state index contributed by atoms with van der Waals surface area (Å²) in [7, 11) is 0. The van der Waals surface area contributed by atoms with Crippen molar-refractivity contribution in [2.45, 2.75) is 31.9 Å². The first-order chi connectivity index (χ1) is 7.24. The summed E-state index contributed by atoms with van der Waals surface area (Å²) < 4.78 is 10.4. The highest BCUT2D eigenvalue weighted by atomic mass is 35.5. The SMILES string of the molecule is CC(CCCCl)NC(=O)C1COCCO1. The topological polar surface area (TPSA) is 47.6 Å². The van der Waals surface area contributed by atoms with Crippen molar-refractivity contribution in [2.75, 3.05) is 25.7 Å². The first-order valence-electron chi connectivity index (χ1n) is 5.29. The minimum absolute atomic E-state index is 0.0863. The van der Waals surface area contributed by atoms with E-state index in [1.807, 2.05) is 6.92 Å². The molecular formula is C10H18ClNO3. The standard InChI is InChI=1S/C10H18ClNO3/c1-8(3-2-4-11)12-10(13)9-7-14-5-6-15-9/h8-9H,2-7H2,1H3,(H,12,13). The summed E-state index contributed by atoms with van der Waals surface area (Å²) in [4.78, 5) is 11.6. The Morgan fingerprint density at radius 1 is 1.60 bits per heavy atom. The fourth-order valence-corrected chi connectivity index (χ4v) is 1.58. The summed E-state index contributed by atoms with van der Waals surface area (Å²) in [5.41, 5.74) is 0. The largest absolute Gasteiger partial charge is 0.376 e. The van der Waals surface area contributed by atoms with Gasteiger partial charge in [0.05, 0.1) is 19.8 Å². The molecule has 0 aromatic rings. The number of alkyl halides is 1. The van der Waals surface area contributed by atoms with E-state index in [0.29, 0.717) is 25.7 Å². The maximum absolute atomic E-state index is 11.6. The fourth-order valence-electron chi connectivity index (χ4n) is 1.43. The van der Waals surface area contributed by atoms with Gasteiger partial charge in [-0.1, -0.05) is 0 Å². The van der Waals surface area contributed by atoms with E-state index in [1.165, 1.54) is 0 Å². The normalized spacial score (nSPS) is 23.5. The quantitative estimate of drug-likeness (QED) is 0.721. The Morgan fingerprint density at radius 3 is 3.00 bits per heavy atom. The van der Waals surface area contributed by atoms with Gasteiger partial charge in [-0.3, -0.25) is 4.79 Å². The highest BCUT2D eigenvalue weighted by Crippen LogP contribution is 2.03. The van der Waals surface area contributed by atoms with Crippen LogP contribution in [0.3, 0.4) is 0 Å². The van der Waals surface area contributed by atoms with Crippen molar-refractivity contribution in [3.8, 4) is 0 Å². The second kappa shape index (κ2) is 7.04. The maximum atomic E-state index is 11.6. The second-order valence-electron chi connectivity index (χ2n) is 3.68. The molecule has 2 unspecified atom stereocenters. The summed E-state index contributed by atoms with van der Waals surface area (Å²) in [6, 6.07) is 0.141. The molecule has 0 saturated carbocycles. The molecule has 1 aliphatic heterocycles. The molecule has 1 fully saturated rings. The Labute approximate surface area is 95.3 Å². The predicted octanol–water partition coefficient (Wildman–Crippen LogP) is 0.925. The molecule has 1 saturated heterocycles. The van der Waals surface area contributed by atoms with Gasteiger partial charge in [-0.15, -0.1) is 11.6 Å². The van der Waals surface area contributed by atoms with E-state index in [1.54, 1.807) is 0 Å². The van der Waals surface area contributed by atoms with E-state index in [2.05, 4.69) is 5.32 Å². The molecule has 88 valence electrons. The molecule has 15 heavy (non-hydrogen) atoms. The molecule has 1 N–H and O–H groups in total. The number of carbonyl (C=O) groups is 1. The van der Waals surface area contributed by atoms with Gasteiger partial charge in [-0.25, -0.2) is 0 Å². The van der Waals surface area contributed by atoms with Crippen molar-refractivity contribution in [3.63, 3.8) is 0 Å². The Morgan fingerprint density at radius 2 is 2.40 bits per heavy atom. The Kier molecular flexibility index (Phi) is 5.98. The summed E-state index contributed by atoms with van der Waals surface area (Å²) in [6.07, 6.45) is 1.35. The highest BCUT2D eigenvalue weighted by Gasteiger charge is 2.23. The number of carbonyl (C=O) groups excluding carboxylic acids is 1. The molecule has 1 heterocycles. The van der Waals surface area contributed by atoms with Gasteiger partial charge in [0, 0.05) is 11.9 Å². The van der Waals surface area contributed by atoms with Crippen LogP contribution in [0.15, 0.2) is 0 Å². The van der Waals surface area contributed by atoms with Crippen molar-refractivity contribution in [2.24, 2.45) is 0 Å². The summed E-state index contributed by atoms with van der Waals surface area (Å²) in [6.45, 7) is 3.39. The molecule has 2 atom stereocenters. The maximum Gasteiger partial charge on any atom is 0.251 e. The molecule has 0 aliphatic carbocycles. The number of halogens is 1. The van der Waals surface area contributed by atoms with Crippen molar-refractivity contribution in [3.05, 3.63) is 0 Å². The highest BCUT2D eigenvalue weighted by molar-refractivity contribution is 6.17. The lowest BCUT2D eigenvalue weighted by molar-refractivity contribution is -0.148. The van der Waals surface area contributed by atoms with Gasteiger partial charge in [0.1, 0.15) is 0 Å². The third-order valence-electron chi connectivity index (χ3n) is 2.27. The Balaban J connectivity index is 2.21. The van der Waals surface area contributed by atoms with Gasteiger partial charge in [0.25, 0.3) is 5.91 Å². The lowest BCUT2D eigenvalue weighted by Gasteiger charge is -2.23. The number of ether oxygens (including phenoxy) is 2. The van der Waals surface area contributed by atoms with Crippen LogP contribution in [-0.2, 0) is 14.3 Å². The van der Waals surface area contributed by atoms with Crippen LogP contribution >= 0.6 is 11.6 Å². The molecule has 1 aliphatic rings. The molecule has 1 amide bonds. The van der Waals surface area contributed by atoms with Crippen molar-refractivity contribution in [1.82, 2.24) is 5.32 Å². The number of amides is 1. The lowest BCUT2D eigenvalue weighted by Crippen LogP contribution is -2.45. The smallest absolute Gasteiger partial charge is 0.251 e. The molecule has 0 aromatic heterocycles. The van der Waals surface area contributed by atoms with Crippen LogP contribution < -0.4 is 5.32 Å². The monoisotopic (exact) mass is 235 g/mol. The molecule has 0 bridgehead atoms. The summed E-state index contributed by atoms with van der Waals surface area (Å²) in [5, 5.41) is 2.88. The fraction of sp³-hybridized carbons (Fsp3) is 0.900. The van der Waals surface area contributed by atoms with Crippen LogP contribution in [0.2, 0.25) is 0 Å². The van der Waals surface area contributed by atoms with Gasteiger partial charge >= 0.3 is 0 Å². The summed E-state index contributed by atoms with van der Waals surface area (Å²) in [5.74, 6) is 0.542. The first kappa shape index (κ1) is 12.7. The van der Waals surface area contributed by atoms with Crippen LogP contribution in [0.5, 0.6) is 0 Å². The second-order valence-corrected chi connectivity index (χ2v) is 4.05. The van der Waals surface area contributed by atoms with Gasteiger partial charge in [0.15, 0.2) is 6.10 Å². The van der Waals surface area contributed by atoms with Crippen molar-refractivity contribution < 1.29 is 14.3 Å². The van der Waals surface area contributed by atoms with E-state index in [9.17, 15) is 4.79 Å². The van der Waals surface area contributed by atoms with E-state index < -0.39 is 6.10 Å². The van der Waals surface area contributed by atoms with E-state index in [-0.39, 0.29) is 11.9 Å². The molecule has 5 heteroatoms. The minimum atomic E-state index is -0.447. The van der Waals surface area contributed by atoms with Crippen LogP contribution in [0.1, 0.15) is 19.8 Å². The van der Waals surface area contributed by atoms with Crippen molar-refractivity contribution >= 4 is 17.5 Å². The van der Waals surface area contributed by atoms with Gasteiger partial charge in [-0.2, -0.15) is 0 Å². The molecule has 0 radical (unpaired) electrons. The molecule has 0 aromatic carbocycles. The summed E-state index contributed by atoms with van der Waals surface area (Å²) >= 11 is 5.57. The van der Waals surface area contributed by atoms with Gasteiger partial charge in [0.2, 0.25) is 0 Å². The van der Waals surface area contributed by atoms with Crippen LogP contribution in [0, 0.1) is 0 Å². The van der Waals surface area contributed by atoms with Crippen LogP contribution in [0.25, 0.3) is 0 Å². The number of rotatable bonds is 5. The van der Waals surface area contributed by atoms with Crippen LogP contribution in [-0.4, -0.2) is 43.8 Å². The van der Waals surface area contributed by atoms with E-state index in [0.717, 1.165) is 12.8 Å². The lowest BCUT2D eigenvalue weighted by atomic mass is 10.2. The first-order valence-corrected chi connectivity index (χ1v) is 5.83. The third kappa shape index (κ3) is 4.82. The zero-order valence-corrected chi connectivity index (χ0v) is 9.76. The number of nitrogens with one attached hydrogen (secondary N) is 1. The average molecular weight is 236 g/mol. The average Bonchev–Trinajstić information content (AvgIpc) is 2.27. The zero-order chi connectivity index (χ0) is 11.1.